The van der Waals surface area contributed by atoms with Gasteiger partial charge in [0.25, 0.3) is 5.91 Å². The summed E-state index contributed by atoms with van der Waals surface area (Å²) in [5.41, 5.74) is 0.117. The van der Waals surface area contributed by atoms with E-state index in [0.717, 1.165) is 10.6 Å². The van der Waals surface area contributed by atoms with Crippen molar-refractivity contribution in [3.05, 3.63) is 58.4 Å². The van der Waals surface area contributed by atoms with Gasteiger partial charge in [-0.3, -0.25) is 4.79 Å². The largest absolute Gasteiger partial charge is 0.322 e. The first-order valence-electron chi connectivity index (χ1n) is 6.30. The highest BCUT2D eigenvalue weighted by Crippen LogP contribution is 2.28. The summed E-state index contributed by atoms with van der Waals surface area (Å²) in [5, 5.41) is 2.83. The number of amides is 1. The van der Waals surface area contributed by atoms with Gasteiger partial charge in [0.2, 0.25) is 0 Å². The fourth-order valence-corrected chi connectivity index (χ4v) is 2.75. The molecule has 0 aliphatic carbocycles. The van der Waals surface area contributed by atoms with Gasteiger partial charge in [-0.1, -0.05) is 18.5 Å². The van der Waals surface area contributed by atoms with Crippen LogP contribution < -0.4 is 5.32 Å². The molecule has 0 saturated heterocycles. The second-order valence-electron chi connectivity index (χ2n) is 4.29. The Morgan fingerprint density at radius 1 is 1.18 bits per heavy atom. The van der Waals surface area contributed by atoms with Gasteiger partial charge in [-0.2, -0.15) is 0 Å². The predicted octanol–water partition coefficient (Wildman–Crippen LogP) is 5.12. The van der Waals surface area contributed by atoms with Crippen LogP contribution in [0, 0.1) is 17.5 Å². The molecular formula is C15H11ClF3NOS. The molecule has 1 amide bonds. The van der Waals surface area contributed by atoms with E-state index < -0.39 is 23.4 Å². The molecule has 2 rings (SSSR count). The molecule has 2 aromatic carbocycles. The van der Waals surface area contributed by atoms with Gasteiger partial charge in [0.15, 0.2) is 17.5 Å². The topological polar surface area (TPSA) is 29.1 Å². The lowest BCUT2D eigenvalue weighted by molar-refractivity contribution is 0.102. The number of rotatable bonds is 4. The fourth-order valence-electron chi connectivity index (χ4n) is 1.74. The van der Waals surface area contributed by atoms with Crippen molar-refractivity contribution in [2.45, 2.75) is 11.8 Å². The van der Waals surface area contributed by atoms with E-state index in [1.54, 1.807) is 12.1 Å². The quantitative estimate of drug-likeness (QED) is 0.615. The molecule has 116 valence electrons. The molecule has 7 heteroatoms. The number of carbonyl (C=O) groups excluding carboxylic acids is 1. The number of thioether (sulfide) groups is 1. The van der Waals surface area contributed by atoms with Crippen LogP contribution in [0.2, 0.25) is 5.02 Å². The van der Waals surface area contributed by atoms with Crippen molar-refractivity contribution in [3.8, 4) is 0 Å². The Labute approximate surface area is 134 Å². The molecule has 0 heterocycles. The van der Waals surface area contributed by atoms with Crippen molar-refractivity contribution < 1.29 is 18.0 Å². The minimum Gasteiger partial charge on any atom is -0.322 e. The van der Waals surface area contributed by atoms with E-state index in [2.05, 4.69) is 5.32 Å². The van der Waals surface area contributed by atoms with Gasteiger partial charge < -0.3 is 5.32 Å². The molecule has 0 atom stereocenters. The van der Waals surface area contributed by atoms with Crippen LogP contribution in [0.1, 0.15) is 17.3 Å². The molecule has 0 spiro atoms. The van der Waals surface area contributed by atoms with Crippen LogP contribution in [0.4, 0.5) is 18.9 Å². The molecule has 0 aromatic heterocycles. The number of nitrogens with one attached hydrogen (secondary N) is 1. The number of anilines is 1. The molecule has 22 heavy (non-hydrogen) atoms. The Morgan fingerprint density at radius 3 is 2.41 bits per heavy atom. The van der Waals surface area contributed by atoms with Crippen molar-refractivity contribution in [3.63, 3.8) is 0 Å². The summed E-state index contributed by atoms with van der Waals surface area (Å²) >= 11 is 7.47. The molecule has 2 nitrogen and oxygen atoms in total. The zero-order chi connectivity index (χ0) is 16.3. The zero-order valence-corrected chi connectivity index (χ0v) is 13.0. The van der Waals surface area contributed by atoms with Gasteiger partial charge in [0.05, 0.1) is 5.02 Å². The van der Waals surface area contributed by atoms with E-state index in [9.17, 15) is 18.0 Å². The Balaban J connectivity index is 2.24. The van der Waals surface area contributed by atoms with E-state index in [-0.39, 0.29) is 11.3 Å². The lowest BCUT2D eigenvalue weighted by atomic mass is 10.2. The average Bonchev–Trinajstić information content (AvgIpc) is 2.47. The summed E-state index contributed by atoms with van der Waals surface area (Å²) in [6.45, 7) is 1.94. The highest BCUT2D eigenvalue weighted by Gasteiger charge is 2.14. The number of halogens is 4. The fraction of sp³-hybridized carbons (Fsp3) is 0.133. The monoisotopic (exact) mass is 345 g/mol. The SMILES string of the molecule is CCSc1cc(C(=O)Nc2cc(F)c(F)c(F)c2)ccc1Cl. The summed E-state index contributed by atoms with van der Waals surface area (Å²) in [5.74, 6) is -4.10. The molecule has 0 unspecified atom stereocenters. The van der Waals surface area contributed by atoms with E-state index in [1.165, 1.54) is 17.8 Å². The van der Waals surface area contributed by atoms with Crippen LogP contribution in [-0.2, 0) is 0 Å². The highest BCUT2D eigenvalue weighted by molar-refractivity contribution is 7.99. The first-order chi connectivity index (χ1) is 10.4. The van der Waals surface area contributed by atoms with Crippen molar-refractivity contribution in [1.29, 1.82) is 0 Å². The summed E-state index contributed by atoms with van der Waals surface area (Å²) in [7, 11) is 0. The summed E-state index contributed by atoms with van der Waals surface area (Å²) in [6.07, 6.45) is 0. The van der Waals surface area contributed by atoms with Gasteiger partial charge in [0, 0.05) is 28.3 Å². The third kappa shape index (κ3) is 3.75. The molecule has 0 bridgehead atoms. The predicted molar refractivity (Wildman–Crippen MR) is 82.1 cm³/mol. The molecule has 0 saturated carbocycles. The molecule has 0 radical (unpaired) electrons. The summed E-state index contributed by atoms with van der Waals surface area (Å²) in [4.78, 5) is 12.8. The Bertz CT molecular complexity index is 701. The van der Waals surface area contributed by atoms with Crippen LogP contribution in [0.25, 0.3) is 0 Å². The zero-order valence-electron chi connectivity index (χ0n) is 11.4. The lowest BCUT2D eigenvalue weighted by Crippen LogP contribution is -2.12. The normalized spacial score (nSPS) is 10.6. The highest BCUT2D eigenvalue weighted by atomic mass is 35.5. The van der Waals surface area contributed by atoms with Crippen molar-refractivity contribution in [2.75, 3.05) is 11.1 Å². The third-order valence-electron chi connectivity index (χ3n) is 2.73. The summed E-state index contributed by atoms with van der Waals surface area (Å²) < 4.78 is 39.1. The maximum Gasteiger partial charge on any atom is 0.255 e. The van der Waals surface area contributed by atoms with Crippen molar-refractivity contribution in [2.24, 2.45) is 0 Å². The molecule has 1 N–H and O–H groups in total. The number of hydrogen-bond donors (Lipinski definition) is 1. The minimum absolute atomic E-state index is 0.166. The van der Waals surface area contributed by atoms with Gasteiger partial charge in [-0.15, -0.1) is 11.8 Å². The van der Waals surface area contributed by atoms with Crippen LogP contribution in [0.15, 0.2) is 35.2 Å². The molecule has 0 aliphatic heterocycles. The number of hydrogen-bond acceptors (Lipinski definition) is 2. The number of carbonyl (C=O) groups is 1. The van der Waals surface area contributed by atoms with E-state index >= 15 is 0 Å². The van der Waals surface area contributed by atoms with Gasteiger partial charge >= 0.3 is 0 Å². The average molecular weight is 346 g/mol. The van der Waals surface area contributed by atoms with Crippen LogP contribution in [-0.4, -0.2) is 11.7 Å². The Morgan fingerprint density at radius 2 is 1.82 bits per heavy atom. The lowest BCUT2D eigenvalue weighted by Gasteiger charge is -2.08. The van der Waals surface area contributed by atoms with E-state index in [4.69, 9.17) is 11.6 Å². The second-order valence-corrected chi connectivity index (χ2v) is 6.00. The standard InChI is InChI=1S/C15H11ClF3NOS/c1-2-22-13-5-8(3-4-10(13)16)15(21)20-9-6-11(17)14(19)12(18)7-9/h3-7H,2H2,1H3,(H,20,21). The van der Waals surface area contributed by atoms with Crippen molar-refractivity contribution >= 4 is 35.0 Å². The number of benzene rings is 2. The maximum atomic E-state index is 13.1. The summed E-state index contributed by atoms with van der Waals surface area (Å²) in [6, 6.07) is 6.08. The molecule has 0 aliphatic rings. The van der Waals surface area contributed by atoms with Crippen LogP contribution in [0.3, 0.4) is 0 Å². The Hall–Kier alpha value is -1.66. The smallest absolute Gasteiger partial charge is 0.255 e. The van der Waals surface area contributed by atoms with Gasteiger partial charge in [0.1, 0.15) is 0 Å². The molecule has 2 aromatic rings. The second kappa shape index (κ2) is 7.07. The van der Waals surface area contributed by atoms with Crippen LogP contribution in [0.5, 0.6) is 0 Å². The van der Waals surface area contributed by atoms with Crippen LogP contribution >= 0.6 is 23.4 Å². The first-order valence-corrected chi connectivity index (χ1v) is 7.67. The molecule has 0 fully saturated rings. The van der Waals surface area contributed by atoms with Crippen molar-refractivity contribution in [1.82, 2.24) is 0 Å². The van der Waals surface area contributed by atoms with E-state index in [1.807, 2.05) is 6.92 Å². The maximum absolute atomic E-state index is 13.1. The van der Waals surface area contributed by atoms with E-state index in [0.29, 0.717) is 17.2 Å². The molecular weight excluding hydrogens is 335 g/mol. The van der Waals surface area contributed by atoms with Gasteiger partial charge in [-0.05, 0) is 24.0 Å². The minimum atomic E-state index is -1.58. The van der Waals surface area contributed by atoms with Gasteiger partial charge in [-0.25, -0.2) is 13.2 Å². The first kappa shape index (κ1) is 16.7. The third-order valence-corrected chi connectivity index (χ3v) is 4.11. The Kier molecular flexibility index (Phi) is 5.37.